The van der Waals surface area contributed by atoms with Gasteiger partial charge in [0, 0.05) is 13.6 Å². The number of carbonyl (C=O) groups is 1. The maximum Gasteiger partial charge on any atom is 0.289 e. The Morgan fingerprint density at radius 2 is 2.29 bits per heavy atom. The summed E-state index contributed by atoms with van der Waals surface area (Å²) in [6.07, 6.45) is 0. The summed E-state index contributed by atoms with van der Waals surface area (Å²) in [5.74, 6) is 0.0543. The van der Waals surface area contributed by atoms with Crippen molar-refractivity contribution < 1.29 is 9.21 Å². The second-order valence-corrected chi connectivity index (χ2v) is 3.59. The first-order chi connectivity index (χ1) is 6.50. The van der Waals surface area contributed by atoms with E-state index in [0.29, 0.717) is 6.54 Å². The Balaban J connectivity index is 2.70. The molecule has 0 aromatic carbocycles. The number of halogens is 1. The minimum absolute atomic E-state index is 0.195. The summed E-state index contributed by atoms with van der Waals surface area (Å²) in [4.78, 5) is 13.2. The van der Waals surface area contributed by atoms with Crippen LogP contribution < -0.4 is 0 Å². The van der Waals surface area contributed by atoms with Crippen LogP contribution in [-0.4, -0.2) is 24.4 Å². The molecule has 76 valence electrons. The van der Waals surface area contributed by atoms with Crippen LogP contribution in [0.1, 0.15) is 17.5 Å². The van der Waals surface area contributed by atoms with Gasteiger partial charge < -0.3 is 9.32 Å². The van der Waals surface area contributed by atoms with Gasteiger partial charge in [0.2, 0.25) is 0 Å². The van der Waals surface area contributed by atoms with Crippen LogP contribution >= 0.6 is 11.6 Å². The normalized spacial score (nSPS) is 9.93. The fourth-order valence-electron chi connectivity index (χ4n) is 1.09. The second kappa shape index (κ2) is 4.33. The molecule has 1 aromatic heterocycles. The van der Waals surface area contributed by atoms with Crippen LogP contribution in [0.25, 0.3) is 0 Å². The van der Waals surface area contributed by atoms with Crippen LogP contribution in [0.5, 0.6) is 0 Å². The minimum Gasteiger partial charge on any atom is -0.440 e. The largest absolute Gasteiger partial charge is 0.440 e. The smallest absolute Gasteiger partial charge is 0.289 e. The molecule has 0 radical (unpaired) electrons. The Kier molecular flexibility index (Phi) is 3.36. The number of likely N-dealkylation sites (N-methyl/N-ethyl adjacent to an activating group) is 1. The van der Waals surface area contributed by atoms with E-state index in [4.69, 9.17) is 16.0 Å². The van der Waals surface area contributed by atoms with Gasteiger partial charge in [-0.05, 0) is 30.7 Å². The zero-order chi connectivity index (χ0) is 10.7. The molecule has 0 saturated heterocycles. The van der Waals surface area contributed by atoms with Crippen molar-refractivity contribution in [3.63, 3.8) is 0 Å². The molecule has 0 unspecified atom stereocenters. The molecular formula is C10H12ClNO2. The third-order valence-electron chi connectivity index (χ3n) is 1.64. The monoisotopic (exact) mass is 213 g/mol. The lowest BCUT2D eigenvalue weighted by Crippen LogP contribution is -2.27. The minimum atomic E-state index is -0.195. The highest BCUT2D eigenvalue weighted by atomic mass is 35.5. The summed E-state index contributed by atoms with van der Waals surface area (Å²) in [6, 6.07) is 3.10. The topological polar surface area (TPSA) is 33.5 Å². The van der Waals surface area contributed by atoms with Crippen LogP contribution in [0, 0.1) is 0 Å². The van der Waals surface area contributed by atoms with Crippen molar-refractivity contribution in [1.82, 2.24) is 4.90 Å². The maximum atomic E-state index is 11.6. The van der Waals surface area contributed by atoms with Gasteiger partial charge in [-0.1, -0.05) is 12.2 Å². The number of rotatable bonds is 3. The number of amides is 1. The Morgan fingerprint density at radius 1 is 1.64 bits per heavy atom. The lowest BCUT2D eigenvalue weighted by atomic mass is 10.3. The molecule has 1 aromatic rings. The molecule has 1 rings (SSSR count). The highest BCUT2D eigenvalue weighted by Gasteiger charge is 2.15. The average molecular weight is 214 g/mol. The summed E-state index contributed by atoms with van der Waals surface area (Å²) < 4.78 is 4.99. The fraction of sp³-hybridized carbons (Fsp3) is 0.300. The second-order valence-electron chi connectivity index (χ2n) is 3.22. The predicted octanol–water partition coefficient (Wildman–Crippen LogP) is 2.58. The van der Waals surface area contributed by atoms with Crippen LogP contribution in [0.3, 0.4) is 0 Å². The molecule has 1 amide bonds. The Labute approximate surface area is 88.0 Å². The van der Waals surface area contributed by atoms with Crippen LogP contribution in [0.15, 0.2) is 28.7 Å². The van der Waals surface area contributed by atoms with E-state index in [-0.39, 0.29) is 16.9 Å². The highest BCUT2D eigenvalue weighted by molar-refractivity contribution is 6.29. The van der Waals surface area contributed by atoms with Crippen molar-refractivity contribution in [2.45, 2.75) is 6.92 Å². The standard InChI is InChI=1S/C10H12ClNO2/c1-7(2)6-12(3)10(13)8-4-5-9(11)14-8/h4-5H,1,6H2,2-3H3. The van der Waals surface area contributed by atoms with Crippen molar-refractivity contribution in [2.75, 3.05) is 13.6 Å². The van der Waals surface area contributed by atoms with Crippen molar-refractivity contribution in [2.24, 2.45) is 0 Å². The Bertz CT molecular complexity index is 357. The summed E-state index contributed by atoms with van der Waals surface area (Å²) in [7, 11) is 1.69. The summed E-state index contributed by atoms with van der Waals surface area (Å²) in [5, 5.41) is 0.220. The van der Waals surface area contributed by atoms with Gasteiger partial charge in [-0.25, -0.2) is 0 Å². The number of nitrogens with zero attached hydrogens (tertiary/aromatic N) is 1. The summed E-state index contributed by atoms with van der Waals surface area (Å²) in [5.41, 5.74) is 0.915. The first kappa shape index (κ1) is 10.9. The molecule has 1 heterocycles. The summed E-state index contributed by atoms with van der Waals surface area (Å²) in [6.45, 7) is 6.10. The highest BCUT2D eigenvalue weighted by Crippen LogP contribution is 2.14. The Morgan fingerprint density at radius 3 is 2.71 bits per heavy atom. The molecular weight excluding hydrogens is 202 g/mol. The SMILES string of the molecule is C=C(C)CN(C)C(=O)c1ccc(Cl)o1. The van der Waals surface area contributed by atoms with Crippen LogP contribution in [0.2, 0.25) is 5.22 Å². The quantitative estimate of drug-likeness (QED) is 0.724. The number of furan rings is 1. The predicted molar refractivity (Wildman–Crippen MR) is 55.5 cm³/mol. The van der Waals surface area contributed by atoms with Crippen molar-refractivity contribution >= 4 is 17.5 Å². The Hall–Kier alpha value is -1.22. The van der Waals surface area contributed by atoms with E-state index in [1.54, 1.807) is 19.2 Å². The third kappa shape index (κ3) is 2.64. The van der Waals surface area contributed by atoms with E-state index < -0.39 is 0 Å². The molecule has 0 aliphatic heterocycles. The molecule has 0 saturated carbocycles. The van der Waals surface area contributed by atoms with Gasteiger partial charge in [0.1, 0.15) is 0 Å². The van der Waals surface area contributed by atoms with E-state index in [1.807, 2.05) is 6.92 Å². The van der Waals surface area contributed by atoms with E-state index in [1.165, 1.54) is 4.90 Å². The maximum absolute atomic E-state index is 11.6. The van der Waals surface area contributed by atoms with Gasteiger partial charge in [0.25, 0.3) is 5.91 Å². The zero-order valence-electron chi connectivity index (χ0n) is 8.21. The first-order valence-electron chi connectivity index (χ1n) is 4.16. The van der Waals surface area contributed by atoms with Crippen molar-refractivity contribution in [1.29, 1.82) is 0 Å². The first-order valence-corrected chi connectivity index (χ1v) is 4.53. The lowest BCUT2D eigenvalue weighted by molar-refractivity contribution is 0.0776. The molecule has 3 nitrogen and oxygen atoms in total. The lowest BCUT2D eigenvalue weighted by Gasteiger charge is -2.15. The van der Waals surface area contributed by atoms with E-state index in [0.717, 1.165) is 5.57 Å². The molecule has 0 atom stereocenters. The zero-order valence-corrected chi connectivity index (χ0v) is 8.97. The van der Waals surface area contributed by atoms with Gasteiger partial charge in [0.05, 0.1) is 0 Å². The van der Waals surface area contributed by atoms with E-state index in [9.17, 15) is 4.79 Å². The number of carbonyl (C=O) groups excluding carboxylic acids is 1. The molecule has 0 N–H and O–H groups in total. The van der Waals surface area contributed by atoms with Crippen LogP contribution in [-0.2, 0) is 0 Å². The van der Waals surface area contributed by atoms with Gasteiger partial charge in [-0.2, -0.15) is 0 Å². The number of hydrogen-bond donors (Lipinski definition) is 0. The molecule has 0 fully saturated rings. The molecule has 0 aliphatic rings. The molecule has 4 heteroatoms. The van der Waals surface area contributed by atoms with Crippen molar-refractivity contribution in [3.8, 4) is 0 Å². The molecule has 0 aliphatic carbocycles. The van der Waals surface area contributed by atoms with Gasteiger partial charge in [-0.15, -0.1) is 0 Å². The van der Waals surface area contributed by atoms with Crippen molar-refractivity contribution in [3.05, 3.63) is 35.3 Å². The molecule has 14 heavy (non-hydrogen) atoms. The van der Waals surface area contributed by atoms with Gasteiger partial charge >= 0.3 is 0 Å². The fourth-order valence-corrected chi connectivity index (χ4v) is 1.24. The number of hydrogen-bond acceptors (Lipinski definition) is 2. The molecule has 0 bridgehead atoms. The van der Waals surface area contributed by atoms with Gasteiger partial charge in [-0.3, -0.25) is 4.79 Å². The van der Waals surface area contributed by atoms with E-state index in [2.05, 4.69) is 6.58 Å². The van der Waals surface area contributed by atoms with Crippen LogP contribution in [0.4, 0.5) is 0 Å². The average Bonchev–Trinajstić information content (AvgIpc) is 2.49. The third-order valence-corrected chi connectivity index (χ3v) is 1.84. The van der Waals surface area contributed by atoms with Gasteiger partial charge in [0.15, 0.2) is 11.0 Å². The summed E-state index contributed by atoms with van der Waals surface area (Å²) >= 11 is 5.56. The van der Waals surface area contributed by atoms with E-state index >= 15 is 0 Å². The molecule has 0 spiro atoms.